The molecule has 6 heteroatoms. The Labute approximate surface area is 158 Å². The Morgan fingerprint density at radius 2 is 1.48 bits per heavy atom. The third kappa shape index (κ3) is 5.04. The van der Waals surface area contributed by atoms with Gasteiger partial charge in [-0.2, -0.15) is 0 Å². The number of nitrogens with one attached hydrogen (secondary N) is 2. The Balaban J connectivity index is 1.71. The molecule has 0 unspecified atom stereocenters. The Kier molecular flexibility index (Phi) is 5.66. The zero-order valence-corrected chi connectivity index (χ0v) is 15.6. The minimum absolute atomic E-state index is 0.328. The summed E-state index contributed by atoms with van der Waals surface area (Å²) in [6, 6.07) is 15.1. The molecule has 27 heavy (non-hydrogen) atoms. The van der Waals surface area contributed by atoms with Crippen molar-refractivity contribution in [3.05, 3.63) is 71.5 Å². The number of nitrogens with zero attached hydrogens (tertiary/aromatic N) is 2. The number of benzene rings is 2. The van der Waals surface area contributed by atoms with Gasteiger partial charge in [0.2, 0.25) is 0 Å². The number of anilines is 4. The molecule has 2 aromatic carbocycles. The van der Waals surface area contributed by atoms with E-state index in [2.05, 4.69) is 52.6 Å². The topological polar surface area (TPSA) is 76.1 Å². The minimum atomic E-state index is -0.328. The van der Waals surface area contributed by atoms with Crippen LogP contribution in [0.15, 0.2) is 54.9 Å². The molecule has 0 aliphatic rings. The van der Waals surface area contributed by atoms with Gasteiger partial charge in [-0.25, -0.2) is 14.8 Å². The molecular formula is C21H22N4O2. The Morgan fingerprint density at radius 3 is 2.07 bits per heavy atom. The molecule has 1 aromatic heterocycles. The van der Waals surface area contributed by atoms with Crippen molar-refractivity contribution in [1.29, 1.82) is 0 Å². The molecule has 3 aromatic rings. The van der Waals surface area contributed by atoms with Gasteiger partial charge in [0.25, 0.3) is 0 Å². The van der Waals surface area contributed by atoms with Crippen molar-refractivity contribution < 1.29 is 9.53 Å². The lowest BCUT2D eigenvalue weighted by Gasteiger charge is -2.10. The fourth-order valence-electron chi connectivity index (χ4n) is 2.74. The number of hydrogen-bond donors (Lipinski definition) is 2. The van der Waals surface area contributed by atoms with Gasteiger partial charge in [-0.3, -0.25) is 0 Å². The number of esters is 1. The van der Waals surface area contributed by atoms with Crippen molar-refractivity contribution in [2.24, 2.45) is 0 Å². The fraction of sp³-hybridized carbons (Fsp3) is 0.190. The molecule has 0 spiro atoms. The SMILES string of the molecule is CCOC(=O)c1ccc(Nc2cc(Nc3cc(C)cc(C)c3)ncn2)cc1. The standard InChI is InChI=1S/C21H22N4O2/c1-4-27-21(26)16-5-7-17(8-6-16)24-19-12-20(23-13-22-19)25-18-10-14(2)9-15(3)11-18/h5-13H,4H2,1-3H3,(H2,22,23,24,25). The molecule has 0 atom stereocenters. The second kappa shape index (κ2) is 8.31. The third-order valence-corrected chi connectivity index (χ3v) is 3.83. The zero-order valence-electron chi connectivity index (χ0n) is 15.6. The van der Waals surface area contributed by atoms with Crippen LogP contribution in [0.3, 0.4) is 0 Å². The largest absolute Gasteiger partial charge is 0.462 e. The van der Waals surface area contributed by atoms with Crippen molar-refractivity contribution >= 4 is 29.0 Å². The highest BCUT2D eigenvalue weighted by Crippen LogP contribution is 2.21. The van der Waals surface area contributed by atoms with E-state index in [1.807, 2.05) is 18.2 Å². The van der Waals surface area contributed by atoms with Crippen molar-refractivity contribution in [3.8, 4) is 0 Å². The number of rotatable bonds is 6. The van der Waals surface area contributed by atoms with Crippen LogP contribution in [0.25, 0.3) is 0 Å². The first-order valence-corrected chi connectivity index (χ1v) is 8.75. The van der Waals surface area contributed by atoms with Crippen LogP contribution in [0.4, 0.5) is 23.0 Å². The summed E-state index contributed by atoms with van der Waals surface area (Å²) in [5, 5.41) is 6.51. The van der Waals surface area contributed by atoms with Gasteiger partial charge in [-0.05, 0) is 68.3 Å². The van der Waals surface area contributed by atoms with Crippen LogP contribution in [0, 0.1) is 13.8 Å². The molecule has 3 rings (SSSR count). The average molecular weight is 362 g/mol. The van der Waals surface area contributed by atoms with Gasteiger partial charge in [0.1, 0.15) is 18.0 Å². The maximum Gasteiger partial charge on any atom is 0.338 e. The fourth-order valence-corrected chi connectivity index (χ4v) is 2.74. The summed E-state index contributed by atoms with van der Waals surface area (Å²) in [6.07, 6.45) is 1.50. The lowest BCUT2D eigenvalue weighted by Crippen LogP contribution is -2.04. The summed E-state index contributed by atoms with van der Waals surface area (Å²) in [5.74, 6) is 1.02. The molecule has 0 aliphatic heterocycles. The van der Waals surface area contributed by atoms with E-state index in [0.29, 0.717) is 23.8 Å². The summed E-state index contributed by atoms with van der Waals surface area (Å²) >= 11 is 0. The highest BCUT2D eigenvalue weighted by atomic mass is 16.5. The maximum atomic E-state index is 11.7. The monoisotopic (exact) mass is 362 g/mol. The molecule has 0 amide bonds. The van der Waals surface area contributed by atoms with Gasteiger partial charge >= 0.3 is 5.97 Å². The second-order valence-corrected chi connectivity index (χ2v) is 6.21. The summed E-state index contributed by atoms with van der Waals surface area (Å²) in [5.41, 5.74) is 4.69. The molecule has 0 saturated carbocycles. The highest BCUT2D eigenvalue weighted by Gasteiger charge is 2.06. The van der Waals surface area contributed by atoms with Crippen LogP contribution < -0.4 is 10.6 Å². The van der Waals surface area contributed by atoms with Gasteiger partial charge in [-0.1, -0.05) is 6.07 Å². The molecule has 1 heterocycles. The molecule has 0 bridgehead atoms. The van der Waals surface area contributed by atoms with E-state index in [1.54, 1.807) is 19.1 Å². The number of aryl methyl sites for hydroxylation is 2. The number of carbonyl (C=O) groups is 1. The highest BCUT2D eigenvalue weighted by molar-refractivity contribution is 5.89. The first-order valence-electron chi connectivity index (χ1n) is 8.75. The Morgan fingerprint density at radius 1 is 0.889 bits per heavy atom. The van der Waals surface area contributed by atoms with Gasteiger partial charge < -0.3 is 15.4 Å². The number of ether oxygens (including phenoxy) is 1. The normalized spacial score (nSPS) is 10.3. The Bertz CT molecular complexity index is 919. The molecule has 0 fully saturated rings. The van der Waals surface area contributed by atoms with E-state index in [-0.39, 0.29) is 5.97 Å². The summed E-state index contributed by atoms with van der Waals surface area (Å²) < 4.78 is 4.99. The number of aromatic nitrogens is 2. The van der Waals surface area contributed by atoms with Crippen molar-refractivity contribution in [2.45, 2.75) is 20.8 Å². The summed E-state index contributed by atoms with van der Waals surface area (Å²) in [6.45, 7) is 6.26. The van der Waals surface area contributed by atoms with E-state index in [4.69, 9.17) is 4.74 Å². The maximum absolute atomic E-state index is 11.7. The van der Waals surface area contributed by atoms with Crippen LogP contribution in [-0.4, -0.2) is 22.5 Å². The van der Waals surface area contributed by atoms with E-state index >= 15 is 0 Å². The Hall–Kier alpha value is -3.41. The van der Waals surface area contributed by atoms with Crippen LogP contribution in [0.5, 0.6) is 0 Å². The van der Waals surface area contributed by atoms with Crippen molar-refractivity contribution in [3.63, 3.8) is 0 Å². The van der Waals surface area contributed by atoms with Gasteiger partial charge in [-0.15, -0.1) is 0 Å². The van der Waals surface area contributed by atoms with Gasteiger partial charge in [0.15, 0.2) is 0 Å². The minimum Gasteiger partial charge on any atom is -0.462 e. The van der Waals surface area contributed by atoms with Crippen LogP contribution in [0.1, 0.15) is 28.4 Å². The lowest BCUT2D eigenvalue weighted by atomic mass is 10.1. The zero-order chi connectivity index (χ0) is 19.2. The van der Waals surface area contributed by atoms with E-state index in [1.165, 1.54) is 17.5 Å². The quantitative estimate of drug-likeness (QED) is 0.616. The molecule has 0 radical (unpaired) electrons. The molecule has 6 nitrogen and oxygen atoms in total. The van der Waals surface area contributed by atoms with E-state index in [0.717, 1.165) is 11.4 Å². The molecule has 2 N–H and O–H groups in total. The van der Waals surface area contributed by atoms with Crippen LogP contribution in [0.2, 0.25) is 0 Å². The van der Waals surface area contributed by atoms with Gasteiger partial charge in [0.05, 0.1) is 12.2 Å². The lowest BCUT2D eigenvalue weighted by molar-refractivity contribution is 0.0526. The average Bonchev–Trinajstić information content (AvgIpc) is 2.62. The van der Waals surface area contributed by atoms with Crippen LogP contribution in [-0.2, 0) is 4.74 Å². The smallest absolute Gasteiger partial charge is 0.338 e. The predicted molar refractivity (Wildman–Crippen MR) is 107 cm³/mol. The number of hydrogen-bond acceptors (Lipinski definition) is 6. The molecular weight excluding hydrogens is 340 g/mol. The number of carbonyl (C=O) groups excluding carboxylic acids is 1. The predicted octanol–water partition coefficient (Wildman–Crippen LogP) is 4.76. The summed E-state index contributed by atoms with van der Waals surface area (Å²) in [4.78, 5) is 20.2. The van der Waals surface area contributed by atoms with Crippen molar-refractivity contribution in [1.82, 2.24) is 9.97 Å². The molecule has 0 aliphatic carbocycles. The second-order valence-electron chi connectivity index (χ2n) is 6.21. The van der Waals surface area contributed by atoms with Gasteiger partial charge in [0, 0.05) is 17.4 Å². The van der Waals surface area contributed by atoms with E-state index < -0.39 is 0 Å². The summed E-state index contributed by atoms with van der Waals surface area (Å²) in [7, 11) is 0. The molecule has 0 saturated heterocycles. The van der Waals surface area contributed by atoms with Crippen LogP contribution >= 0.6 is 0 Å². The first-order chi connectivity index (χ1) is 13.0. The third-order valence-electron chi connectivity index (χ3n) is 3.83. The van der Waals surface area contributed by atoms with Crippen molar-refractivity contribution in [2.75, 3.05) is 17.2 Å². The van der Waals surface area contributed by atoms with E-state index in [9.17, 15) is 4.79 Å². The first kappa shape index (κ1) is 18.4. The molecule has 138 valence electrons.